The lowest BCUT2D eigenvalue weighted by molar-refractivity contribution is -0.184. The van der Waals surface area contributed by atoms with E-state index in [2.05, 4.69) is 25.8 Å². The number of carboxylic acid groups (broad SMARTS) is 1. The van der Waals surface area contributed by atoms with Crippen molar-refractivity contribution in [2.45, 2.75) is 89.7 Å². The Morgan fingerprint density at radius 3 is 2.56 bits per heavy atom. The number of rotatable bonds is 9. The molecule has 39 heavy (non-hydrogen) atoms. The zero-order chi connectivity index (χ0) is 28.7. The molecule has 0 aromatic carbocycles. The van der Waals surface area contributed by atoms with Gasteiger partial charge in [0.15, 0.2) is 0 Å². The fraction of sp³-hybridized carbons (Fsp3) is 0.704. The highest BCUT2D eigenvalue weighted by atomic mass is 35.5. The molecule has 4 rings (SSSR count). The minimum Gasteiger partial charge on any atom is -0.479 e. The number of alkyl halides is 1. The van der Waals surface area contributed by atoms with Crippen LogP contribution < -0.4 is 5.73 Å². The van der Waals surface area contributed by atoms with Gasteiger partial charge in [0, 0.05) is 18.8 Å². The first kappa shape index (κ1) is 29.5. The summed E-state index contributed by atoms with van der Waals surface area (Å²) < 4.78 is 37.1. The van der Waals surface area contributed by atoms with Crippen LogP contribution in [-0.4, -0.2) is 57.9 Å². The molecule has 3 aliphatic carbocycles. The van der Waals surface area contributed by atoms with E-state index in [-0.39, 0.29) is 30.2 Å². The van der Waals surface area contributed by atoms with Crippen LogP contribution in [0, 0.1) is 29.6 Å². The summed E-state index contributed by atoms with van der Waals surface area (Å²) in [5, 5.41) is 9.69. The first-order valence-corrected chi connectivity index (χ1v) is 13.7. The molecule has 0 saturated heterocycles. The second-order valence-corrected chi connectivity index (χ2v) is 11.8. The van der Waals surface area contributed by atoms with Crippen molar-refractivity contribution in [1.82, 2.24) is 4.98 Å². The van der Waals surface area contributed by atoms with Crippen LogP contribution >= 0.6 is 11.6 Å². The van der Waals surface area contributed by atoms with Gasteiger partial charge in [-0.05, 0) is 49.1 Å². The highest BCUT2D eigenvalue weighted by Crippen LogP contribution is 2.67. The third-order valence-corrected chi connectivity index (χ3v) is 8.64. The van der Waals surface area contributed by atoms with Crippen molar-refractivity contribution in [3.8, 4) is 0 Å². The number of esters is 1. The second kappa shape index (κ2) is 11.2. The molecule has 9 atom stereocenters. The third kappa shape index (κ3) is 5.71. The quantitative estimate of drug-likeness (QED) is 0.250. The van der Waals surface area contributed by atoms with Crippen molar-refractivity contribution in [3.05, 3.63) is 29.0 Å². The van der Waals surface area contributed by atoms with Gasteiger partial charge in [-0.25, -0.2) is 23.8 Å². The molecule has 1 unspecified atom stereocenters. The average molecular weight is 571 g/mol. The fourth-order valence-corrected chi connectivity index (χ4v) is 6.51. The molecular weight excluding hydrogens is 535 g/mol. The standard InChI is InChI=1S/C27H36ClFN2O8/c1-13(2)17-9-8-14(3)10-19(17)39-25(35)38-15(4)37-24(34)27(30)20(11-18-22(27)26(18,29)23(32)33)36-12-16-6-5-7-21(28)31-16/h5-7,13-15,17-20,22H,8-12,30H2,1-4H3,(H,32,33)/t14-,15?,17+,18-,19-,20-,22+,26-,27+/m1/s1. The molecule has 10 nitrogen and oxygen atoms in total. The summed E-state index contributed by atoms with van der Waals surface area (Å²) in [5.74, 6) is -4.35. The molecule has 0 spiro atoms. The molecule has 3 saturated carbocycles. The summed E-state index contributed by atoms with van der Waals surface area (Å²) in [6.45, 7) is 7.45. The Bertz CT molecular complexity index is 1110. The van der Waals surface area contributed by atoms with Crippen molar-refractivity contribution in [1.29, 1.82) is 0 Å². The molecule has 0 aliphatic heterocycles. The predicted octanol–water partition coefficient (Wildman–Crippen LogP) is 4.26. The Hall–Kier alpha value is -2.50. The van der Waals surface area contributed by atoms with Crippen molar-refractivity contribution in [2.24, 2.45) is 35.3 Å². The molecule has 3 N–H and O–H groups in total. The van der Waals surface area contributed by atoms with E-state index >= 15 is 4.39 Å². The maximum Gasteiger partial charge on any atom is 0.511 e. The molecule has 3 fully saturated rings. The fourth-order valence-electron chi connectivity index (χ4n) is 6.33. The number of hydrogen-bond acceptors (Lipinski definition) is 9. The average Bonchev–Trinajstić information content (AvgIpc) is 3.32. The van der Waals surface area contributed by atoms with Gasteiger partial charge < -0.3 is 29.8 Å². The number of nitrogens with two attached hydrogens (primary N) is 1. The summed E-state index contributed by atoms with van der Waals surface area (Å²) in [4.78, 5) is 41.6. The van der Waals surface area contributed by atoms with Crippen molar-refractivity contribution in [3.63, 3.8) is 0 Å². The van der Waals surface area contributed by atoms with Crippen LogP contribution in [0.3, 0.4) is 0 Å². The van der Waals surface area contributed by atoms with Crippen LogP contribution in [0.15, 0.2) is 18.2 Å². The number of hydrogen-bond donors (Lipinski definition) is 2. The van der Waals surface area contributed by atoms with Gasteiger partial charge in [-0.2, -0.15) is 0 Å². The highest BCUT2D eigenvalue weighted by molar-refractivity contribution is 6.29. The Morgan fingerprint density at radius 1 is 1.21 bits per heavy atom. The van der Waals surface area contributed by atoms with Crippen LogP contribution in [0.2, 0.25) is 5.15 Å². The van der Waals surface area contributed by atoms with E-state index in [0.29, 0.717) is 24.0 Å². The van der Waals surface area contributed by atoms with Crippen LogP contribution in [0.25, 0.3) is 0 Å². The first-order chi connectivity index (χ1) is 18.3. The van der Waals surface area contributed by atoms with Crippen LogP contribution in [0.1, 0.15) is 59.1 Å². The number of aromatic nitrogens is 1. The molecule has 1 aromatic heterocycles. The number of ether oxygens (including phenoxy) is 4. The summed E-state index contributed by atoms with van der Waals surface area (Å²) >= 11 is 5.91. The van der Waals surface area contributed by atoms with Crippen molar-refractivity contribution >= 4 is 29.7 Å². The zero-order valence-corrected chi connectivity index (χ0v) is 23.2. The number of fused-ring (bicyclic) bond motifs is 1. The van der Waals surface area contributed by atoms with Gasteiger partial charge in [-0.15, -0.1) is 0 Å². The predicted molar refractivity (Wildman–Crippen MR) is 136 cm³/mol. The number of aliphatic carboxylic acids is 1. The Morgan fingerprint density at radius 2 is 1.92 bits per heavy atom. The number of pyridine rings is 1. The minimum absolute atomic E-state index is 0.0987. The molecule has 216 valence electrons. The third-order valence-electron chi connectivity index (χ3n) is 8.43. The molecule has 0 radical (unpaired) electrons. The Balaban J connectivity index is 1.41. The van der Waals surface area contributed by atoms with Gasteiger partial charge in [-0.3, -0.25) is 0 Å². The lowest BCUT2D eigenvalue weighted by Gasteiger charge is -2.36. The topological polar surface area (TPSA) is 147 Å². The summed E-state index contributed by atoms with van der Waals surface area (Å²) in [6, 6.07) is 4.89. The van der Waals surface area contributed by atoms with Gasteiger partial charge in [0.2, 0.25) is 12.0 Å². The van der Waals surface area contributed by atoms with Crippen LogP contribution in [0.5, 0.6) is 0 Å². The van der Waals surface area contributed by atoms with E-state index in [1.165, 1.54) is 6.92 Å². The molecule has 3 aliphatic rings. The largest absolute Gasteiger partial charge is 0.511 e. The SMILES string of the molecule is CC(OC(=O)O[C@@H]1C[C@H](C)CC[C@H]1C(C)C)OC(=O)[C@@]1(N)[C@H]2[C@@H](C[C@H]1OCc1cccc(Cl)n1)[C@]2(F)C(=O)O. The molecule has 12 heteroatoms. The summed E-state index contributed by atoms with van der Waals surface area (Å²) in [5.41, 5.74) is 2.03. The van der Waals surface area contributed by atoms with E-state index in [1.54, 1.807) is 18.2 Å². The highest BCUT2D eigenvalue weighted by Gasteiger charge is 2.85. The minimum atomic E-state index is -2.69. The molecule has 0 bridgehead atoms. The number of carboxylic acids is 1. The Labute approximate surface area is 231 Å². The van der Waals surface area contributed by atoms with Gasteiger partial charge >= 0.3 is 18.1 Å². The lowest BCUT2D eigenvalue weighted by atomic mass is 9.75. The first-order valence-electron chi connectivity index (χ1n) is 13.3. The van der Waals surface area contributed by atoms with E-state index in [9.17, 15) is 19.5 Å². The number of halogens is 2. The van der Waals surface area contributed by atoms with E-state index in [4.69, 9.17) is 36.3 Å². The van der Waals surface area contributed by atoms with E-state index < -0.39 is 53.5 Å². The Kier molecular flexibility index (Phi) is 8.45. The number of carbonyl (C=O) groups excluding carboxylic acids is 2. The van der Waals surface area contributed by atoms with Gasteiger partial charge in [0.1, 0.15) is 16.8 Å². The zero-order valence-electron chi connectivity index (χ0n) is 22.5. The second-order valence-electron chi connectivity index (χ2n) is 11.4. The van der Waals surface area contributed by atoms with Crippen LogP contribution in [-0.2, 0) is 35.1 Å². The smallest absolute Gasteiger partial charge is 0.479 e. The monoisotopic (exact) mass is 570 g/mol. The lowest BCUT2D eigenvalue weighted by Crippen LogP contribution is -2.61. The summed E-state index contributed by atoms with van der Waals surface area (Å²) in [6.07, 6.45) is -1.24. The van der Waals surface area contributed by atoms with E-state index in [0.717, 1.165) is 12.8 Å². The number of carbonyl (C=O) groups is 3. The normalized spacial score (nSPS) is 36.1. The van der Waals surface area contributed by atoms with Gasteiger partial charge in [-0.1, -0.05) is 44.9 Å². The van der Waals surface area contributed by atoms with E-state index in [1.807, 2.05) is 0 Å². The van der Waals surface area contributed by atoms with Gasteiger partial charge in [0.05, 0.1) is 18.4 Å². The van der Waals surface area contributed by atoms with Crippen LogP contribution in [0.4, 0.5) is 9.18 Å². The maximum absolute atomic E-state index is 15.2. The maximum atomic E-state index is 15.2. The van der Waals surface area contributed by atoms with Crippen molar-refractivity contribution < 1.29 is 42.8 Å². The molecular formula is C27H36ClFN2O8. The molecule has 0 amide bonds. The summed E-state index contributed by atoms with van der Waals surface area (Å²) in [7, 11) is 0. The molecule has 1 heterocycles. The number of nitrogens with zero attached hydrogens (tertiary/aromatic N) is 1. The molecule has 1 aromatic rings. The van der Waals surface area contributed by atoms with Crippen molar-refractivity contribution in [2.75, 3.05) is 0 Å². The van der Waals surface area contributed by atoms with Gasteiger partial charge in [0.25, 0.3) is 0 Å².